The highest BCUT2D eigenvalue weighted by Crippen LogP contribution is 2.27. The van der Waals surface area contributed by atoms with E-state index < -0.39 is 17.8 Å². The number of aromatic nitrogens is 2. The number of carbonyl (C=O) groups excluding carboxylic acids is 1. The molecule has 0 bridgehead atoms. The Hall–Kier alpha value is -2.96. The van der Waals surface area contributed by atoms with Crippen LogP contribution in [-0.4, -0.2) is 15.9 Å². The Morgan fingerprint density at radius 3 is 2.48 bits per heavy atom. The molecule has 2 heterocycles. The van der Waals surface area contributed by atoms with Crippen molar-refractivity contribution in [1.29, 1.82) is 0 Å². The lowest BCUT2D eigenvalue weighted by Gasteiger charge is -2.08. The molecule has 116 valence electrons. The number of rotatable bonds is 2. The highest BCUT2D eigenvalue weighted by molar-refractivity contribution is 6.04. The molecule has 3 aromatic rings. The molecule has 1 N–H and O–H groups in total. The predicted molar refractivity (Wildman–Crippen MR) is 78.9 cm³/mol. The van der Waals surface area contributed by atoms with Crippen LogP contribution in [0, 0.1) is 0 Å². The number of carbonyl (C=O) groups is 1. The van der Waals surface area contributed by atoms with Gasteiger partial charge in [0.2, 0.25) is 0 Å². The Balaban J connectivity index is 1.80. The zero-order valence-corrected chi connectivity index (χ0v) is 11.6. The number of alkyl halides is 3. The van der Waals surface area contributed by atoms with Crippen LogP contribution in [0.2, 0.25) is 0 Å². The SMILES string of the molecule is O=C(Nc1cnc2ccccc2c1)c1ccc(C(F)(F)F)nc1. The van der Waals surface area contributed by atoms with E-state index in [-0.39, 0.29) is 5.56 Å². The highest BCUT2D eigenvalue weighted by atomic mass is 19.4. The molecule has 0 unspecified atom stereocenters. The minimum absolute atomic E-state index is 0.0335. The van der Waals surface area contributed by atoms with Gasteiger partial charge in [-0.3, -0.25) is 14.8 Å². The van der Waals surface area contributed by atoms with Crippen molar-refractivity contribution in [3.05, 3.63) is 66.1 Å². The standard InChI is InChI=1S/C16H10F3N3O/c17-16(18,19)14-6-5-11(8-21-14)15(23)22-12-7-10-3-1-2-4-13(10)20-9-12/h1-9H,(H,22,23). The molecule has 1 aromatic carbocycles. The number of hydrogen-bond donors (Lipinski definition) is 1. The van der Waals surface area contributed by atoms with Crippen LogP contribution in [0.15, 0.2) is 54.9 Å². The number of para-hydroxylation sites is 1. The summed E-state index contributed by atoms with van der Waals surface area (Å²) in [5.74, 6) is -0.552. The number of nitrogens with one attached hydrogen (secondary N) is 1. The molecule has 0 radical (unpaired) electrons. The fourth-order valence-corrected chi connectivity index (χ4v) is 2.04. The van der Waals surface area contributed by atoms with Gasteiger partial charge in [-0.25, -0.2) is 0 Å². The normalized spacial score (nSPS) is 11.4. The average Bonchev–Trinajstić information content (AvgIpc) is 2.54. The molecule has 1 amide bonds. The van der Waals surface area contributed by atoms with E-state index in [0.717, 1.165) is 29.2 Å². The Bertz CT molecular complexity index is 860. The Morgan fingerprint density at radius 2 is 1.78 bits per heavy atom. The van der Waals surface area contributed by atoms with Gasteiger partial charge < -0.3 is 5.32 Å². The second-order valence-electron chi connectivity index (χ2n) is 4.80. The topological polar surface area (TPSA) is 54.9 Å². The van der Waals surface area contributed by atoms with Crippen molar-refractivity contribution in [1.82, 2.24) is 9.97 Å². The number of anilines is 1. The fourth-order valence-electron chi connectivity index (χ4n) is 2.04. The van der Waals surface area contributed by atoms with Crippen molar-refractivity contribution < 1.29 is 18.0 Å². The van der Waals surface area contributed by atoms with E-state index in [0.29, 0.717) is 5.69 Å². The molecule has 0 atom stereocenters. The number of nitrogens with zero attached hydrogens (tertiary/aromatic N) is 2. The average molecular weight is 317 g/mol. The molecular weight excluding hydrogens is 307 g/mol. The highest BCUT2D eigenvalue weighted by Gasteiger charge is 2.32. The van der Waals surface area contributed by atoms with Crippen LogP contribution in [-0.2, 0) is 6.18 Å². The van der Waals surface area contributed by atoms with Crippen molar-refractivity contribution in [3.63, 3.8) is 0 Å². The van der Waals surface area contributed by atoms with E-state index >= 15 is 0 Å². The number of amides is 1. The van der Waals surface area contributed by atoms with Crippen LogP contribution >= 0.6 is 0 Å². The predicted octanol–water partition coefficient (Wildman–Crippen LogP) is 3.90. The maximum Gasteiger partial charge on any atom is 0.433 e. The first kappa shape index (κ1) is 15.0. The number of benzene rings is 1. The third-order valence-electron chi connectivity index (χ3n) is 3.16. The zero-order chi connectivity index (χ0) is 16.4. The summed E-state index contributed by atoms with van der Waals surface area (Å²) in [5.41, 5.74) is 0.225. The van der Waals surface area contributed by atoms with Crippen LogP contribution in [0.1, 0.15) is 16.1 Å². The third kappa shape index (κ3) is 3.28. The van der Waals surface area contributed by atoms with Gasteiger partial charge in [0.25, 0.3) is 5.91 Å². The first-order valence-corrected chi connectivity index (χ1v) is 6.63. The zero-order valence-electron chi connectivity index (χ0n) is 11.6. The maximum atomic E-state index is 12.4. The summed E-state index contributed by atoms with van der Waals surface area (Å²) >= 11 is 0. The van der Waals surface area contributed by atoms with Gasteiger partial charge in [0.15, 0.2) is 0 Å². The Labute approximate surface area is 129 Å². The summed E-state index contributed by atoms with van der Waals surface area (Å²) in [6.07, 6.45) is -2.15. The minimum atomic E-state index is -4.53. The largest absolute Gasteiger partial charge is 0.433 e. The molecule has 0 saturated carbocycles. The van der Waals surface area contributed by atoms with E-state index in [9.17, 15) is 18.0 Å². The van der Waals surface area contributed by atoms with E-state index in [1.165, 1.54) is 6.20 Å². The summed E-state index contributed by atoms with van der Waals surface area (Å²) in [5, 5.41) is 3.43. The van der Waals surface area contributed by atoms with Crippen LogP contribution < -0.4 is 5.32 Å². The van der Waals surface area contributed by atoms with Gasteiger partial charge in [-0.2, -0.15) is 13.2 Å². The smallest absolute Gasteiger partial charge is 0.321 e. The lowest BCUT2D eigenvalue weighted by atomic mass is 10.2. The lowest BCUT2D eigenvalue weighted by molar-refractivity contribution is -0.141. The number of halogens is 3. The Kier molecular flexibility index (Phi) is 3.69. The molecule has 0 aliphatic heterocycles. The van der Waals surface area contributed by atoms with Crippen molar-refractivity contribution >= 4 is 22.5 Å². The van der Waals surface area contributed by atoms with E-state index in [1.807, 2.05) is 24.3 Å². The molecule has 0 fully saturated rings. The van der Waals surface area contributed by atoms with E-state index in [4.69, 9.17) is 0 Å². The molecule has 0 spiro atoms. The van der Waals surface area contributed by atoms with Crippen molar-refractivity contribution in [2.75, 3.05) is 5.32 Å². The van der Waals surface area contributed by atoms with Gasteiger partial charge in [-0.15, -0.1) is 0 Å². The number of pyridine rings is 2. The van der Waals surface area contributed by atoms with Gasteiger partial charge in [-0.1, -0.05) is 18.2 Å². The van der Waals surface area contributed by atoms with Gasteiger partial charge in [0, 0.05) is 11.6 Å². The molecule has 3 rings (SSSR count). The van der Waals surface area contributed by atoms with Gasteiger partial charge in [0.1, 0.15) is 5.69 Å². The molecule has 0 saturated heterocycles. The monoisotopic (exact) mass is 317 g/mol. The summed E-state index contributed by atoms with van der Waals surface area (Å²) in [7, 11) is 0. The van der Waals surface area contributed by atoms with E-state index in [1.54, 1.807) is 6.07 Å². The third-order valence-corrected chi connectivity index (χ3v) is 3.16. The van der Waals surface area contributed by atoms with Gasteiger partial charge in [0.05, 0.1) is 23.0 Å². The number of hydrogen-bond acceptors (Lipinski definition) is 3. The molecule has 23 heavy (non-hydrogen) atoms. The van der Waals surface area contributed by atoms with Crippen molar-refractivity contribution in [2.45, 2.75) is 6.18 Å². The van der Waals surface area contributed by atoms with Crippen molar-refractivity contribution in [2.24, 2.45) is 0 Å². The summed E-state index contributed by atoms with van der Waals surface area (Å²) in [4.78, 5) is 19.5. The second-order valence-corrected chi connectivity index (χ2v) is 4.80. The number of fused-ring (bicyclic) bond motifs is 1. The summed E-state index contributed by atoms with van der Waals surface area (Å²) < 4.78 is 37.3. The summed E-state index contributed by atoms with van der Waals surface area (Å²) in [6.45, 7) is 0. The molecular formula is C16H10F3N3O. The Morgan fingerprint density at radius 1 is 1.00 bits per heavy atom. The first-order valence-electron chi connectivity index (χ1n) is 6.63. The molecule has 7 heteroatoms. The maximum absolute atomic E-state index is 12.4. The van der Waals surface area contributed by atoms with Crippen LogP contribution in [0.4, 0.5) is 18.9 Å². The second kappa shape index (κ2) is 5.68. The quantitative estimate of drug-likeness (QED) is 0.780. The molecule has 2 aromatic heterocycles. The van der Waals surface area contributed by atoms with Crippen LogP contribution in [0.25, 0.3) is 10.9 Å². The fraction of sp³-hybridized carbons (Fsp3) is 0.0625. The van der Waals surface area contributed by atoms with Gasteiger partial charge in [-0.05, 0) is 24.3 Å². The van der Waals surface area contributed by atoms with Crippen LogP contribution in [0.5, 0.6) is 0 Å². The van der Waals surface area contributed by atoms with Crippen LogP contribution in [0.3, 0.4) is 0 Å². The summed E-state index contributed by atoms with van der Waals surface area (Å²) in [6, 6.07) is 11.0. The first-order chi connectivity index (χ1) is 10.9. The molecule has 4 nitrogen and oxygen atoms in total. The van der Waals surface area contributed by atoms with Gasteiger partial charge >= 0.3 is 6.18 Å². The molecule has 0 aliphatic rings. The molecule has 0 aliphatic carbocycles. The van der Waals surface area contributed by atoms with Crippen molar-refractivity contribution in [3.8, 4) is 0 Å². The van der Waals surface area contributed by atoms with E-state index in [2.05, 4.69) is 15.3 Å². The lowest BCUT2D eigenvalue weighted by Crippen LogP contribution is -2.14. The minimum Gasteiger partial charge on any atom is -0.321 e.